The second-order valence-corrected chi connectivity index (χ2v) is 6.08. The summed E-state index contributed by atoms with van der Waals surface area (Å²) in [5.41, 5.74) is -0.0889. The minimum absolute atomic E-state index is 0. The number of nitrogens with one attached hydrogen (secondary N) is 2. The third kappa shape index (κ3) is 3.24. The van der Waals surface area contributed by atoms with Crippen LogP contribution in [0.4, 0.5) is 29.2 Å². The summed E-state index contributed by atoms with van der Waals surface area (Å²) < 4.78 is 53.4. The van der Waals surface area contributed by atoms with Crippen molar-refractivity contribution in [3.63, 3.8) is 0 Å². The molecule has 4 rings (SSSR count). The van der Waals surface area contributed by atoms with E-state index in [0.29, 0.717) is 22.8 Å². The zero-order chi connectivity index (χ0) is 18.6. The van der Waals surface area contributed by atoms with Crippen LogP contribution in [0.5, 0.6) is 0 Å². The van der Waals surface area contributed by atoms with E-state index in [0.717, 1.165) is 15.6 Å². The zero-order valence-electron chi connectivity index (χ0n) is 13.2. The molecule has 0 aliphatic carbocycles. The van der Waals surface area contributed by atoms with E-state index in [1.165, 1.54) is 0 Å². The predicted octanol–water partition coefficient (Wildman–Crippen LogP) is 5.21. The number of halogens is 6. The Balaban J connectivity index is 0.00000210. The quantitative estimate of drug-likeness (QED) is 0.308. The smallest absolute Gasteiger partial charge is 0.359 e. The highest BCUT2D eigenvalue weighted by Crippen LogP contribution is 2.35. The molecule has 0 aliphatic rings. The van der Waals surface area contributed by atoms with Gasteiger partial charge in [-0.3, -0.25) is 0 Å². The number of fused-ring (bicyclic) bond motifs is 2. The molecule has 0 aliphatic heterocycles. The maximum atomic E-state index is 13.8. The Morgan fingerprint density at radius 1 is 1.19 bits per heavy atom. The van der Waals surface area contributed by atoms with Crippen LogP contribution < -0.4 is 11.2 Å². The van der Waals surface area contributed by atoms with E-state index in [1.54, 1.807) is 24.4 Å². The normalized spacial score (nSPS) is 11.7. The van der Waals surface area contributed by atoms with Gasteiger partial charge in [-0.05, 0) is 24.3 Å². The lowest BCUT2D eigenvalue weighted by atomic mass is 10.2. The second-order valence-electron chi connectivity index (χ2n) is 5.64. The number of hydrogen-bond donors (Lipinski definition) is 3. The molecule has 0 fully saturated rings. The fraction of sp³-hybridized carbons (Fsp3) is 0.0625. The average molecular weight is 420 g/mol. The first kappa shape index (κ1) is 19.1. The Morgan fingerprint density at radius 3 is 2.63 bits per heavy atom. The lowest BCUT2D eigenvalue weighted by Crippen LogP contribution is -2.12. The van der Waals surface area contributed by atoms with Gasteiger partial charge in [0.2, 0.25) is 5.95 Å². The maximum Gasteiger partial charge on any atom is 0.419 e. The summed E-state index contributed by atoms with van der Waals surface area (Å²) in [6.07, 6.45) is -3.18. The number of rotatable bonds is 2. The number of hydrogen-bond acceptors (Lipinski definition) is 3. The van der Waals surface area contributed by atoms with E-state index in [1.807, 2.05) is 0 Å². The van der Waals surface area contributed by atoms with Gasteiger partial charge in [0, 0.05) is 28.2 Å². The maximum absolute atomic E-state index is 13.8. The van der Waals surface area contributed by atoms with Gasteiger partial charge in [-0.15, -0.1) is 12.4 Å². The number of nitrogen functional groups attached to an aromatic ring is 1. The van der Waals surface area contributed by atoms with E-state index < -0.39 is 17.6 Å². The highest BCUT2D eigenvalue weighted by atomic mass is 35.5. The molecule has 2 aromatic carbocycles. The number of nitrogens with two attached hydrogens (primary N) is 1. The Bertz CT molecular complexity index is 1150. The Kier molecular flexibility index (Phi) is 4.61. The van der Waals surface area contributed by atoms with Crippen LogP contribution in [0.15, 0.2) is 36.5 Å². The molecule has 2 aromatic heterocycles. The number of anilines is 2. The first-order valence-corrected chi connectivity index (χ1v) is 7.70. The van der Waals surface area contributed by atoms with Crippen LogP contribution in [0, 0.1) is 5.82 Å². The fourth-order valence-electron chi connectivity index (χ4n) is 2.74. The van der Waals surface area contributed by atoms with Crippen molar-refractivity contribution < 1.29 is 17.6 Å². The number of nitrogens with zero attached hydrogens (tertiary/aromatic N) is 2. The van der Waals surface area contributed by atoms with Gasteiger partial charge in [-0.2, -0.15) is 13.2 Å². The van der Waals surface area contributed by atoms with Gasteiger partial charge >= 0.3 is 6.18 Å². The molecule has 142 valence electrons. The summed E-state index contributed by atoms with van der Waals surface area (Å²) in [7, 11) is 0. The summed E-state index contributed by atoms with van der Waals surface area (Å²) in [4.78, 5) is 7.06. The fourth-order valence-corrected chi connectivity index (χ4v) is 2.91. The molecule has 0 saturated heterocycles. The monoisotopic (exact) mass is 419 g/mol. The molecule has 0 radical (unpaired) electrons. The van der Waals surface area contributed by atoms with E-state index in [9.17, 15) is 17.6 Å². The molecule has 11 heteroatoms. The van der Waals surface area contributed by atoms with Crippen molar-refractivity contribution in [1.82, 2.24) is 14.6 Å². The Morgan fingerprint density at radius 2 is 1.93 bits per heavy atom. The van der Waals surface area contributed by atoms with Gasteiger partial charge in [0.1, 0.15) is 5.82 Å². The molecule has 0 saturated carbocycles. The highest BCUT2D eigenvalue weighted by Gasteiger charge is 2.35. The molecular weight excluding hydrogens is 409 g/mol. The van der Waals surface area contributed by atoms with Gasteiger partial charge in [0.05, 0.1) is 22.3 Å². The molecule has 0 unspecified atom stereocenters. The molecule has 5 nitrogen and oxygen atoms in total. The highest BCUT2D eigenvalue weighted by molar-refractivity contribution is 6.31. The summed E-state index contributed by atoms with van der Waals surface area (Å²) in [6.45, 7) is 0. The molecule has 4 aromatic rings. The minimum atomic E-state index is -4.82. The number of benzene rings is 2. The summed E-state index contributed by atoms with van der Waals surface area (Å²) in [5.74, 6) is 4.51. The van der Waals surface area contributed by atoms with Crippen molar-refractivity contribution in [3.8, 4) is 0 Å². The molecule has 27 heavy (non-hydrogen) atoms. The number of H-pyrrole nitrogens is 1. The van der Waals surface area contributed by atoms with Crippen molar-refractivity contribution in [3.05, 3.63) is 52.9 Å². The first-order valence-electron chi connectivity index (χ1n) is 7.32. The number of imidazole rings is 1. The SMILES string of the molecule is Cl.Nn1c(Nc2c[nH]c3ccc(Cl)cc23)nc2cc(C(F)(F)F)c(F)cc21. The van der Waals surface area contributed by atoms with Crippen molar-refractivity contribution >= 4 is 57.6 Å². The largest absolute Gasteiger partial charge is 0.419 e. The topological polar surface area (TPSA) is 71.7 Å². The van der Waals surface area contributed by atoms with Crippen molar-refractivity contribution in [2.75, 3.05) is 11.2 Å². The standard InChI is InChI=1S/C16H10ClF4N5.ClH/c17-7-1-2-11-8(3-7)13(6-23-11)25-15-24-12-4-9(16(19,20)21)10(18)5-14(12)26(15)22;/h1-6,23H,22H2,(H,24,25);1H. The lowest BCUT2D eigenvalue weighted by Gasteiger charge is -2.07. The average Bonchev–Trinajstić information content (AvgIpc) is 3.08. The number of alkyl halides is 3. The first-order chi connectivity index (χ1) is 12.2. The Hall–Kier alpha value is -2.65. The van der Waals surface area contributed by atoms with Gasteiger partial charge in [-0.25, -0.2) is 14.1 Å². The molecule has 0 amide bonds. The molecule has 0 bridgehead atoms. The minimum Gasteiger partial charge on any atom is -0.359 e. The third-order valence-corrected chi connectivity index (χ3v) is 4.21. The van der Waals surface area contributed by atoms with E-state index in [4.69, 9.17) is 17.4 Å². The van der Waals surface area contributed by atoms with E-state index in [-0.39, 0.29) is 29.4 Å². The van der Waals surface area contributed by atoms with Crippen LogP contribution in [-0.2, 0) is 6.18 Å². The lowest BCUT2D eigenvalue weighted by molar-refractivity contribution is -0.139. The van der Waals surface area contributed by atoms with Crippen molar-refractivity contribution in [2.24, 2.45) is 0 Å². The molecule has 4 N–H and O–H groups in total. The summed E-state index contributed by atoms with van der Waals surface area (Å²) in [6, 6.07) is 6.54. The third-order valence-electron chi connectivity index (χ3n) is 3.97. The van der Waals surface area contributed by atoms with Crippen LogP contribution in [0.1, 0.15) is 5.56 Å². The number of aromatic nitrogens is 3. The zero-order valence-corrected chi connectivity index (χ0v) is 14.8. The van der Waals surface area contributed by atoms with Crippen LogP contribution >= 0.6 is 24.0 Å². The molecule has 0 spiro atoms. The molecular formula is C16H11Cl2F4N5. The van der Waals surface area contributed by atoms with E-state index >= 15 is 0 Å². The van der Waals surface area contributed by atoms with Crippen molar-refractivity contribution in [2.45, 2.75) is 6.18 Å². The van der Waals surface area contributed by atoms with Gasteiger partial charge < -0.3 is 16.1 Å². The summed E-state index contributed by atoms with van der Waals surface area (Å²) >= 11 is 5.99. The Labute approximate surface area is 160 Å². The van der Waals surface area contributed by atoms with Crippen LogP contribution in [0.2, 0.25) is 5.02 Å². The predicted molar refractivity (Wildman–Crippen MR) is 98.7 cm³/mol. The van der Waals surface area contributed by atoms with Crippen LogP contribution in [-0.4, -0.2) is 14.6 Å². The summed E-state index contributed by atoms with van der Waals surface area (Å²) in [5, 5.41) is 4.18. The van der Waals surface area contributed by atoms with Gasteiger partial charge in [0.25, 0.3) is 0 Å². The van der Waals surface area contributed by atoms with Crippen LogP contribution in [0.25, 0.3) is 21.9 Å². The van der Waals surface area contributed by atoms with Gasteiger partial charge in [-0.1, -0.05) is 11.6 Å². The molecule has 0 atom stereocenters. The second kappa shape index (κ2) is 6.50. The van der Waals surface area contributed by atoms with E-state index in [2.05, 4.69) is 15.3 Å². The number of aromatic amines is 1. The van der Waals surface area contributed by atoms with Crippen molar-refractivity contribution in [1.29, 1.82) is 0 Å². The van der Waals surface area contributed by atoms with Gasteiger partial charge in [0.15, 0.2) is 0 Å². The molecule has 2 heterocycles. The van der Waals surface area contributed by atoms with Crippen LogP contribution in [0.3, 0.4) is 0 Å².